The first kappa shape index (κ1) is 15.6. The Hall–Kier alpha value is -1.26. The molecule has 1 amide bonds. The fourth-order valence-corrected chi connectivity index (χ4v) is 4.57. The number of carbonyl (C=O) groups excluding carboxylic acids is 1. The van der Waals surface area contributed by atoms with E-state index in [1.54, 1.807) is 7.11 Å². The van der Waals surface area contributed by atoms with Gasteiger partial charge in [-0.2, -0.15) is 0 Å². The summed E-state index contributed by atoms with van der Waals surface area (Å²) in [7, 11) is 1.63. The molecule has 1 unspecified atom stereocenters. The quantitative estimate of drug-likeness (QED) is 0.791. The van der Waals surface area contributed by atoms with Crippen molar-refractivity contribution in [1.29, 1.82) is 0 Å². The van der Waals surface area contributed by atoms with Crippen molar-refractivity contribution < 1.29 is 9.53 Å². The monoisotopic (exact) mass is 337 g/mol. The lowest BCUT2D eigenvalue weighted by molar-refractivity contribution is 0.0613. The molecule has 1 aromatic heterocycles. The molecule has 3 nitrogen and oxygen atoms in total. The van der Waals surface area contributed by atoms with E-state index in [0.717, 1.165) is 41.6 Å². The third-order valence-corrected chi connectivity index (χ3v) is 6.05. The first-order valence-corrected chi connectivity index (χ1v) is 8.92. The molecular weight excluding hydrogens is 318 g/mol. The first-order valence-electron chi connectivity index (χ1n) is 7.72. The van der Waals surface area contributed by atoms with E-state index < -0.39 is 0 Å². The average molecular weight is 338 g/mol. The van der Waals surface area contributed by atoms with Gasteiger partial charge in [-0.15, -0.1) is 11.3 Å². The van der Waals surface area contributed by atoms with Crippen LogP contribution in [-0.2, 0) is 0 Å². The van der Waals surface area contributed by atoms with Crippen LogP contribution in [0.25, 0.3) is 10.1 Å². The number of piperidine rings is 1. The van der Waals surface area contributed by atoms with Crippen LogP contribution >= 0.6 is 22.9 Å². The molecule has 118 valence electrons. The highest BCUT2D eigenvalue weighted by atomic mass is 35.5. The van der Waals surface area contributed by atoms with Gasteiger partial charge in [-0.05, 0) is 43.9 Å². The number of halogens is 1. The van der Waals surface area contributed by atoms with E-state index in [1.165, 1.54) is 17.8 Å². The van der Waals surface area contributed by atoms with Gasteiger partial charge in [0.1, 0.15) is 10.6 Å². The fraction of sp³-hybridized carbons (Fsp3) is 0.471. The minimum atomic E-state index is 0.0803. The van der Waals surface area contributed by atoms with Crippen molar-refractivity contribution >= 4 is 38.9 Å². The number of nitrogens with zero attached hydrogens (tertiary/aromatic N) is 1. The van der Waals surface area contributed by atoms with Crippen molar-refractivity contribution in [2.75, 3.05) is 13.7 Å². The number of likely N-dealkylation sites (tertiary alicyclic amines) is 1. The second-order valence-corrected chi connectivity index (χ2v) is 7.09. The Morgan fingerprint density at radius 1 is 1.45 bits per heavy atom. The molecular formula is C17H20ClNO2S. The average Bonchev–Trinajstić information content (AvgIpc) is 2.90. The topological polar surface area (TPSA) is 29.5 Å². The number of rotatable bonds is 3. The maximum Gasteiger partial charge on any atom is 0.265 e. The molecule has 3 rings (SSSR count). The summed E-state index contributed by atoms with van der Waals surface area (Å²) in [5.74, 6) is 0.840. The van der Waals surface area contributed by atoms with Gasteiger partial charge in [0.25, 0.3) is 5.91 Å². The summed E-state index contributed by atoms with van der Waals surface area (Å²) in [6.45, 7) is 2.99. The normalized spacial score (nSPS) is 18.7. The summed E-state index contributed by atoms with van der Waals surface area (Å²) < 4.78 is 6.28. The van der Waals surface area contributed by atoms with Crippen molar-refractivity contribution in [3.8, 4) is 5.75 Å². The summed E-state index contributed by atoms with van der Waals surface area (Å²) in [4.78, 5) is 15.6. The molecule has 1 saturated heterocycles. The number of methoxy groups -OCH3 is 1. The Labute approximate surface area is 139 Å². The van der Waals surface area contributed by atoms with Crippen molar-refractivity contribution in [1.82, 2.24) is 4.90 Å². The second-order valence-electron chi connectivity index (χ2n) is 5.66. The maximum atomic E-state index is 12.9. The number of amides is 1. The van der Waals surface area contributed by atoms with Gasteiger partial charge >= 0.3 is 0 Å². The number of hydrogen-bond donors (Lipinski definition) is 0. The van der Waals surface area contributed by atoms with Gasteiger partial charge in [0, 0.05) is 22.7 Å². The standard InChI is InChI=1S/C17H20ClNO2S/c1-3-11-6-4-5-9-19(11)17(20)16-15(18)13-10-12(21-2)7-8-14(13)22-16/h7-8,10-11H,3-6,9H2,1-2H3. The molecule has 1 fully saturated rings. The largest absolute Gasteiger partial charge is 0.497 e. The zero-order valence-corrected chi connectivity index (χ0v) is 14.5. The predicted molar refractivity (Wildman–Crippen MR) is 92.4 cm³/mol. The van der Waals surface area contributed by atoms with E-state index in [2.05, 4.69) is 6.92 Å². The lowest BCUT2D eigenvalue weighted by Gasteiger charge is -2.35. The Morgan fingerprint density at radius 3 is 3.00 bits per heavy atom. The van der Waals surface area contributed by atoms with E-state index in [-0.39, 0.29) is 5.91 Å². The number of benzene rings is 1. The molecule has 1 aromatic carbocycles. The maximum absolute atomic E-state index is 12.9. The minimum Gasteiger partial charge on any atom is -0.497 e. The second kappa shape index (κ2) is 6.47. The number of carbonyl (C=O) groups is 1. The first-order chi connectivity index (χ1) is 10.7. The van der Waals surface area contributed by atoms with E-state index in [1.807, 2.05) is 23.1 Å². The molecule has 0 aliphatic carbocycles. The van der Waals surface area contributed by atoms with Gasteiger partial charge in [-0.3, -0.25) is 4.79 Å². The van der Waals surface area contributed by atoms with Gasteiger partial charge in [0.2, 0.25) is 0 Å². The smallest absolute Gasteiger partial charge is 0.265 e. The third kappa shape index (κ3) is 2.70. The Bertz CT molecular complexity index is 697. The summed E-state index contributed by atoms with van der Waals surface area (Å²) in [5.41, 5.74) is 0. The molecule has 2 aromatic rings. The highest BCUT2D eigenvalue weighted by Crippen LogP contribution is 2.38. The molecule has 0 bridgehead atoms. The molecule has 22 heavy (non-hydrogen) atoms. The zero-order valence-electron chi connectivity index (χ0n) is 12.9. The molecule has 1 atom stereocenters. The number of fused-ring (bicyclic) bond motifs is 1. The van der Waals surface area contributed by atoms with Crippen LogP contribution in [0.3, 0.4) is 0 Å². The molecule has 5 heteroatoms. The van der Waals surface area contributed by atoms with E-state index in [4.69, 9.17) is 16.3 Å². The minimum absolute atomic E-state index is 0.0803. The predicted octanol–water partition coefficient (Wildman–Crippen LogP) is 4.97. The number of ether oxygens (including phenoxy) is 1. The van der Waals surface area contributed by atoms with Gasteiger partial charge < -0.3 is 9.64 Å². The van der Waals surface area contributed by atoms with Crippen LogP contribution in [0.2, 0.25) is 5.02 Å². The summed E-state index contributed by atoms with van der Waals surface area (Å²) >= 11 is 7.98. The van der Waals surface area contributed by atoms with Crippen molar-refractivity contribution in [3.63, 3.8) is 0 Å². The van der Waals surface area contributed by atoms with Crippen LogP contribution in [-0.4, -0.2) is 30.5 Å². The molecule has 1 aliphatic rings. The highest BCUT2D eigenvalue weighted by Gasteiger charge is 2.29. The van der Waals surface area contributed by atoms with E-state index in [0.29, 0.717) is 15.9 Å². The fourth-order valence-electron chi connectivity index (χ4n) is 3.13. The van der Waals surface area contributed by atoms with E-state index >= 15 is 0 Å². The molecule has 0 radical (unpaired) electrons. The summed E-state index contributed by atoms with van der Waals surface area (Å²) in [5, 5.41) is 1.46. The molecule has 1 aliphatic heterocycles. The van der Waals surface area contributed by atoms with Gasteiger partial charge in [0.15, 0.2) is 0 Å². The van der Waals surface area contributed by atoms with Crippen molar-refractivity contribution in [2.45, 2.75) is 38.6 Å². The van der Waals surface area contributed by atoms with Crippen LogP contribution in [0.1, 0.15) is 42.3 Å². The summed E-state index contributed by atoms with van der Waals surface area (Å²) in [6, 6.07) is 6.11. The van der Waals surface area contributed by atoms with Gasteiger partial charge in [-0.1, -0.05) is 18.5 Å². The van der Waals surface area contributed by atoms with Crippen LogP contribution in [0.5, 0.6) is 5.75 Å². The number of thiophene rings is 1. The van der Waals surface area contributed by atoms with Crippen LogP contribution in [0.4, 0.5) is 0 Å². The van der Waals surface area contributed by atoms with Crippen LogP contribution < -0.4 is 4.74 Å². The molecule has 0 saturated carbocycles. The zero-order chi connectivity index (χ0) is 15.7. The van der Waals surface area contributed by atoms with Gasteiger partial charge in [-0.25, -0.2) is 0 Å². The molecule has 0 spiro atoms. The summed E-state index contributed by atoms with van der Waals surface area (Å²) in [6.07, 6.45) is 4.39. The van der Waals surface area contributed by atoms with Gasteiger partial charge in [0.05, 0.1) is 12.1 Å². The molecule has 2 heterocycles. The van der Waals surface area contributed by atoms with Crippen molar-refractivity contribution in [3.05, 3.63) is 28.1 Å². The lowest BCUT2D eigenvalue weighted by Crippen LogP contribution is -2.43. The SMILES string of the molecule is CCC1CCCCN1C(=O)c1sc2ccc(OC)cc2c1Cl. The number of hydrogen-bond acceptors (Lipinski definition) is 3. The third-order valence-electron chi connectivity index (χ3n) is 4.39. The van der Waals surface area contributed by atoms with Crippen molar-refractivity contribution in [2.24, 2.45) is 0 Å². The highest BCUT2D eigenvalue weighted by molar-refractivity contribution is 7.21. The Balaban J connectivity index is 1.98. The Kier molecular flexibility index (Phi) is 4.59. The Morgan fingerprint density at radius 2 is 2.27 bits per heavy atom. The van der Waals surface area contributed by atoms with E-state index in [9.17, 15) is 4.79 Å². The molecule has 0 N–H and O–H groups in total. The van der Waals surface area contributed by atoms with Crippen LogP contribution in [0, 0.1) is 0 Å². The lowest BCUT2D eigenvalue weighted by atomic mass is 10.00. The van der Waals surface area contributed by atoms with Crippen LogP contribution in [0.15, 0.2) is 18.2 Å².